The van der Waals surface area contributed by atoms with Gasteiger partial charge in [0.15, 0.2) is 5.82 Å². The molecule has 1 aromatic heterocycles. The highest BCUT2D eigenvalue weighted by Crippen LogP contribution is 2.50. The number of piperidine rings is 1. The molecule has 11 nitrogen and oxygen atoms in total. The van der Waals surface area contributed by atoms with Crippen molar-refractivity contribution in [3.05, 3.63) is 21.9 Å². The third-order valence-electron chi connectivity index (χ3n) is 9.33. The Bertz CT molecular complexity index is 1540. The van der Waals surface area contributed by atoms with Gasteiger partial charge in [-0.2, -0.15) is 18.7 Å². The van der Waals surface area contributed by atoms with Gasteiger partial charge in [0.1, 0.15) is 21.4 Å². The number of aromatic nitrogens is 2. The minimum absolute atomic E-state index is 0.0169. The number of hydrogen-bond acceptors (Lipinski definition) is 10. The van der Waals surface area contributed by atoms with Gasteiger partial charge in [-0.15, -0.1) is 0 Å². The number of hydrogen-bond donors (Lipinski definition) is 1. The molecule has 0 radical (unpaired) electrons. The largest absolute Gasteiger partial charge is 0.463 e. The van der Waals surface area contributed by atoms with E-state index in [4.69, 9.17) is 24.1 Å². The number of nitrogens with one attached hydrogen (secondary N) is 1. The Hall–Kier alpha value is -3.04. The average Bonchev–Trinajstić information content (AvgIpc) is 3.46. The van der Waals surface area contributed by atoms with Crippen LogP contribution < -0.4 is 25.0 Å². The van der Waals surface area contributed by atoms with Crippen LogP contribution in [0.15, 0.2) is 16.1 Å². The van der Waals surface area contributed by atoms with Crippen LogP contribution in [0.1, 0.15) is 59.3 Å². The van der Waals surface area contributed by atoms with Crippen molar-refractivity contribution in [1.82, 2.24) is 25.4 Å². The molecular weight excluding hydrogens is 661 g/mol. The summed E-state index contributed by atoms with van der Waals surface area (Å²) in [5.41, 5.74) is 1.86. The Kier molecular flexibility index (Phi) is 7.71. The van der Waals surface area contributed by atoms with Crippen molar-refractivity contribution in [2.45, 2.75) is 77.0 Å². The summed E-state index contributed by atoms with van der Waals surface area (Å²) in [6, 6.07) is -0.194. The van der Waals surface area contributed by atoms with E-state index in [1.165, 1.54) is 0 Å². The number of benzene rings is 1. The van der Waals surface area contributed by atoms with Gasteiger partial charge in [-0.05, 0) is 80.8 Å². The molecule has 4 fully saturated rings. The summed E-state index contributed by atoms with van der Waals surface area (Å²) in [6.07, 6.45) is 2.33. The lowest BCUT2D eigenvalue weighted by Crippen LogP contribution is -2.57. The highest BCUT2D eigenvalue weighted by Gasteiger charge is 2.47. The van der Waals surface area contributed by atoms with Crippen LogP contribution >= 0.6 is 15.9 Å². The van der Waals surface area contributed by atoms with Crippen molar-refractivity contribution >= 4 is 38.7 Å². The summed E-state index contributed by atoms with van der Waals surface area (Å²) < 4.78 is 53.9. The van der Waals surface area contributed by atoms with Crippen molar-refractivity contribution in [2.24, 2.45) is 5.41 Å². The second-order valence-electron chi connectivity index (χ2n) is 13.7. The number of fused-ring (bicyclic) bond motifs is 5. The molecule has 5 heterocycles. The summed E-state index contributed by atoms with van der Waals surface area (Å²) in [5.74, 6) is 0.194. The van der Waals surface area contributed by atoms with Crippen LogP contribution in [-0.2, 0) is 4.74 Å². The van der Waals surface area contributed by atoms with Crippen molar-refractivity contribution in [3.8, 4) is 17.5 Å². The SMILES string of the molecule is CC(C)(C)OC(=O)N1[C@@H]2CC[C@H]1CN(c1nc(OCC3(CN4CCC(=C(F)F)CC4)CC3)nc3c(F)c(Br)c4c(c13)ONO4)C2. The second-order valence-corrected chi connectivity index (χ2v) is 14.5. The van der Waals surface area contributed by atoms with Gasteiger partial charge in [-0.25, -0.2) is 9.18 Å². The highest BCUT2D eigenvalue weighted by atomic mass is 79.9. The monoisotopic (exact) mass is 696 g/mol. The second kappa shape index (κ2) is 11.3. The van der Waals surface area contributed by atoms with E-state index < -0.39 is 17.5 Å². The maximum Gasteiger partial charge on any atom is 0.410 e. The van der Waals surface area contributed by atoms with E-state index in [-0.39, 0.29) is 56.7 Å². The molecule has 2 bridgehead atoms. The molecule has 45 heavy (non-hydrogen) atoms. The predicted octanol–water partition coefficient (Wildman–Crippen LogP) is 5.72. The zero-order valence-electron chi connectivity index (χ0n) is 25.4. The Labute approximate surface area is 267 Å². The molecule has 1 N–H and O–H groups in total. The van der Waals surface area contributed by atoms with E-state index >= 15 is 4.39 Å². The number of ether oxygens (including phenoxy) is 2. The van der Waals surface area contributed by atoms with Crippen LogP contribution in [0.3, 0.4) is 0 Å². The topological polar surface area (TPSA) is 102 Å². The van der Waals surface area contributed by atoms with Crippen molar-refractivity contribution in [3.63, 3.8) is 0 Å². The van der Waals surface area contributed by atoms with E-state index in [1.54, 1.807) is 0 Å². The Morgan fingerprint density at radius 3 is 2.38 bits per heavy atom. The van der Waals surface area contributed by atoms with Crippen LogP contribution in [0.5, 0.6) is 17.5 Å². The molecule has 2 aromatic rings. The van der Waals surface area contributed by atoms with Crippen LogP contribution in [0.2, 0.25) is 0 Å². The van der Waals surface area contributed by atoms with Gasteiger partial charge >= 0.3 is 12.1 Å². The molecule has 4 aliphatic heterocycles. The fourth-order valence-electron chi connectivity index (χ4n) is 6.88. The number of halogens is 4. The molecule has 2 atom stereocenters. The summed E-state index contributed by atoms with van der Waals surface area (Å²) in [7, 11) is 0. The lowest BCUT2D eigenvalue weighted by atomic mass is 10.0. The van der Waals surface area contributed by atoms with Gasteiger partial charge in [0.25, 0.3) is 6.08 Å². The van der Waals surface area contributed by atoms with Crippen LogP contribution in [0.25, 0.3) is 10.9 Å². The zero-order valence-corrected chi connectivity index (χ0v) is 27.0. The lowest BCUT2D eigenvalue weighted by Gasteiger charge is -2.42. The van der Waals surface area contributed by atoms with Gasteiger partial charge in [0, 0.05) is 43.8 Å². The number of carbonyl (C=O) groups excluding carboxylic acids is 1. The van der Waals surface area contributed by atoms with Gasteiger partial charge < -0.3 is 28.9 Å². The maximum atomic E-state index is 15.8. The number of anilines is 1. The third-order valence-corrected chi connectivity index (χ3v) is 10.0. The smallest absolute Gasteiger partial charge is 0.410 e. The van der Waals surface area contributed by atoms with Gasteiger partial charge in [0.2, 0.25) is 11.5 Å². The molecule has 244 valence electrons. The molecule has 1 amide bonds. The minimum Gasteiger partial charge on any atom is -0.463 e. The van der Waals surface area contributed by atoms with Crippen molar-refractivity contribution in [1.29, 1.82) is 0 Å². The van der Waals surface area contributed by atoms with Crippen LogP contribution in [-0.4, -0.2) is 82.9 Å². The van der Waals surface area contributed by atoms with Gasteiger partial charge in [-0.3, -0.25) is 4.90 Å². The molecule has 0 spiro atoms. The standard InChI is InChI=1S/C30H36BrF3N6O5/c1-29(2,3)43-28(41)40-17-4-5-18(40)13-39(12-17)26-19-22(21(32)20(31)24-23(19)44-37-45-24)35-27(36-26)42-15-30(8-9-30)14-38-10-6-16(7-11-38)25(33)34/h17-18,37H,4-15H2,1-3H3/t17-,18+. The molecule has 1 saturated carbocycles. The summed E-state index contributed by atoms with van der Waals surface area (Å²) in [6.45, 7) is 8.68. The number of rotatable bonds is 6. The maximum absolute atomic E-state index is 15.8. The van der Waals surface area contributed by atoms with Crippen LogP contribution in [0, 0.1) is 11.2 Å². The van der Waals surface area contributed by atoms with E-state index in [2.05, 4.69) is 31.5 Å². The van der Waals surface area contributed by atoms with E-state index in [0.717, 1.165) is 32.2 Å². The first-order valence-electron chi connectivity index (χ1n) is 15.4. The number of likely N-dealkylation sites (tertiary alicyclic amines) is 1. The van der Waals surface area contributed by atoms with E-state index in [0.29, 0.717) is 56.8 Å². The van der Waals surface area contributed by atoms with Crippen molar-refractivity contribution < 1.29 is 37.1 Å². The zero-order chi connectivity index (χ0) is 31.7. The first-order valence-corrected chi connectivity index (χ1v) is 16.2. The lowest BCUT2D eigenvalue weighted by molar-refractivity contribution is 0.0122. The average molecular weight is 698 g/mol. The normalized spacial score (nSPS) is 23.9. The minimum atomic E-state index is -1.56. The number of nitrogens with zero attached hydrogens (tertiary/aromatic N) is 5. The van der Waals surface area contributed by atoms with Gasteiger partial charge in [0.05, 0.1) is 24.1 Å². The number of amides is 1. The van der Waals surface area contributed by atoms with Crippen LogP contribution in [0.4, 0.5) is 23.8 Å². The molecule has 3 saturated heterocycles. The first-order chi connectivity index (χ1) is 21.4. The molecule has 5 aliphatic rings. The fraction of sp³-hybridized carbons (Fsp3) is 0.633. The molecule has 1 aliphatic carbocycles. The Morgan fingerprint density at radius 1 is 1.09 bits per heavy atom. The first kappa shape index (κ1) is 30.6. The molecular formula is C30H36BrF3N6O5. The summed E-state index contributed by atoms with van der Waals surface area (Å²) >= 11 is 3.27. The number of carbonyl (C=O) groups is 1. The Morgan fingerprint density at radius 2 is 1.76 bits per heavy atom. The highest BCUT2D eigenvalue weighted by molar-refractivity contribution is 9.10. The molecule has 1 aromatic carbocycles. The summed E-state index contributed by atoms with van der Waals surface area (Å²) in [4.78, 5) is 39.4. The van der Waals surface area contributed by atoms with Gasteiger partial charge in [-0.1, -0.05) is 0 Å². The molecule has 7 rings (SSSR count). The quantitative estimate of drug-likeness (QED) is 0.404. The van der Waals surface area contributed by atoms with E-state index in [9.17, 15) is 13.6 Å². The van der Waals surface area contributed by atoms with Crippen molar-refractivity contribution in [2.75, 3.05) is 44.2 Å². The molecule has 0 unspecified atom stereocenters. The fourth-order valence-corrected chi connectivity index (χ4v) is 7.32. The predicted molar refractivity (Wildman–Crippen MR) is 161 cm³/mol. The molecule has 15 heteroatoms. The summed E-state index contributed by atoms with van der Waals surface area (Å²) in [5, 5.41) is 0.339. The Balaban J connectivity index is 1.16. The van der Waals surface area contributed by atoms with E-state index in [1.807, 2.05) is 30.6 Å². The third kappa shape index (κ3) is 5.86. The number of piperazine rings is 1.